The summed E-state index contributed by atoms with van der Waals surface area (Å²) in [5, 5.41) is 10.8. The average molecular weight is 544 g/mol. The Morgan fingerprint density at radius 3 is 2.46 bits per heavy atom. The number of hydrogen-bond acceptors (Lipinski definition) is 5. The third kappa shape index (κ3) is 4.12. The zero-order valence-electron chi connectivity index (χ0n) is 21.4. The van der Waals surface area contributed by atoms with E-state index in [0.717, 1.165) is 6.42 Å². The molecule has 0 saturated carbocycles. The summed E-state index contributed by atoms with van der Waals surface area (Å²) in [4.78, 5) is 47.8. The zero-order chi connectivity index (χ0) is 26.5. The summed E-state index contributed by atoms with van der Waals surface area (Å²) >= 11 is 7.67. The number of carbonyl (C=O) groups excluding carboxylic acids is 3. The fourth-order valence-corrected chi connectivity index (χ4v) is 8.55. The van der Waals surface area contributed by atoms with E-state index in [1.165, 1.54) is 0 Å². The van der Waals surface area contributed by atoms with E-state index in [1.54, 1.807) is 45.8 Å². The van der Waals surface area contributed by atoms with Crippen molar-refractivity contribution in [3.05, 3.63) is 53.6 Å². The highest BCUT2D eigenvalue weighted by Gasteiger charge is 2.71. The molecule has 1 aromatic carbocycles. The molecule has 0 radical (unpaired) electrons. The molecule has 4 heterocycles. The van der Waals surface area contributed by atoms with Gasteiger partial charge < -0.3 is 19.8 Å². The first-order valence-corrected chi connectivity index (χ1v) is 14.3. The molecule has 0 bridgehead atoms. The number of carbonyl (C=O) groups is 3. The molecule has 3 amide bonds. The monoisotopic (exact) mass is 543 g/mol. The molecule has 2 saturated heterocycles. The van der Waals surface area contributed by atoms with Gasteiger partial charge in [0.15, 0.2) is 0 Å². The van der Waals surface area contributed by atoms with Crippen molar-refractivity contribution >= 4 is 46.8 Å². The highest BCUT2D eigenvalue weighted by molar-refractivity contribution is 8.02. The van der Waals surface area contributed by atoms with Gasteiger partial charge in [0.25, 0.3) is 5.91 Å². The number of nitrogens with zero attached hydrogens (tertiary/aromatic N) is 3. The van der Waals surface area contributed by atoms with Gasteiger partial charge in [-0.25, -0.2) is 0 Å². The second kappa shape index (κ2) is 10.1. The summed E-state index contributed by atoms with van der Waals surface area (Å²) in [6.45, 7) is 7.18. The lowest BCUT2D eigenvalue weighted by molar-refractivity contribution is -0.145. The Labute approximate surface area is 227 Å². The number of benzene rings is 1. The molecule has 1 aromatic rings. The quantitative estimate of drug-likeness (QED) is 0.556. The Balaban J connectivity index is 1.64. The van der Waals surface area contributed by atoms with Crippen LogP contribution in [0.4, 0.5) is 5.69 Å². The standard InChI is InChI=1S/C28H34ClN3O4S/c1-4-13-30-14-5-7-21-22(25(30)34)23-26(35)32(20(16-33)17(2)3)24-27(36)31(15-6-12-28(23,24)37-21)19-10-8-18(29)9-11-19/h5-12,17,20-24,33H,4,13-16H2,1-3H3/t20-,21+,22-,23-,24?,28-/m0/s1. The first-order valence-electron chi connectivity index (χ1n) is 13.1. The van der Waals surface area contributed by atoms with Crippen LogP contribution in [0.15, 0.2) is 48.6 Å². The number of halogens is 1. The van der Waals surface area contributed by atoms with Crippen LogP contribution in [0, 0.1) is 17.8 Å². The number of thioether (sulfide) groups is 1. The van der Waals surface area contributed by atoms with E-state index in [1.807, 2.05) is 43.9 Å². The van der Waals surface area contributed by atoms with Crippen molar-refractivity contribution in [3.8, 4) is 0 Å². The molecule has 1 spiro atoms. The normalized spacial score (nSPS) is 31.9. The Hall–Kier alpha value is -2.29. The molecule has 0 aromatic heterocycles. The number of amides is 3. The molecule has 2 fully saturated rings. The van der Waals surface area contributed by atoms with E-state index < -0.39 is 28.7 Å². The number of aliphatic hydroxyl groups is 1. The molecule has 6 atom stereocenters. The first-order chi connectivity index (χ1) is 17.7. The largest absolute Gasteiger partial charge is 0.394 e. The Kier molecular flexibility index (Phi) is 7.20. The number of anilines is 1. The fourth-order valence-electron chi connectivity index (χ4n) is 6.43. The number of aliphatic hydroxyl groups excluding tert-OH is 1. The van der Waals surface area contributed by atoms with Crippen LogP contribution in [0.3, 0.4) is 0 Å². The third-order valence-electron chi connectivity index (χ3n) is 8.13. The van der Waals surface area contributed by atoms with Crippen LogP contribution in [-0.4, -0.2) is 80.9 Å². The molecule has 9 heteroatoms. The van der Waals surface area contributed by atoms with Crippen LogP contribution in [0.5, 0.6) is 0 Å². The van der Waals surface area contributed by atoms with Crippen LogP contribution in [0.1, 0.15) is 27.2 Å². The number of likely N-dealkylation sites (tertiary alicyclic amines) is 1. The fraction of sp³-hybridized carbons (Fsp3) is 0.536. The smallest absolute Gasteiger partial charge is 0.251 e. The molecule has 198 valence electrons. The predicted molar refractivity (Wildman–Crippen MR) is 146 cm³/mol. The summed E-state index contributed by atoms with van der Waals surface area (Å²) in [6.07, 6.45) is 8.87. The minimum Gasteiger partial charge on any atom is -0.394 e. The van der Waals surface area contributed by atoms with Crippen LogP contribution < -0.4 is 4.90 Å². The molecule has 7 nitrogen and oxygen atoms in total. The van der Waals surface area contributed by atoms with E-state index in [0.29, 0.717) is 30.3 Å². The average Bonchev–Trinajstić information content (AvgIpc) is 3.18. The van der Waals surface area contributed by atoms with Gasteiger partial charge >= 0.3 is 0 Å². The second-order valence-electron chi connectivity index (χ2n) is 10.6. The number of fused-ring (bicyclic) bond motifs is 2. The summed E-state index contributed by atoms with van der Waals surface area (Å²) in [7, 11) is 0. The molecule has 0 aliphatic carbocycles. The number of hydrogen-bond donors (Lipinski definition) is 1. The van der Waals surface area contributed by atoms with Gasteiger partial charge in [0.1, 0.15) is 6.04 Å². The van der Waals surface area contributed by atoms with Gasteiger partial charge in [-0.15, -0.1) is 11.8 Å². The van der Waals surface area contributed by atoms with Crippen molar-refractivity contribution in [2.75, 3.05) is 31.1 Å². The van der Waals surface area contributed by atoms with Crippen molar-refractivity contribution in [3.63, 3.8) is 0 Å². The van der Waals surface area contributed by atoms with Gasteiger partial charge in [-0.2, -0.15) is 0 Å². The lowest BCUT2D eigenvalue weighted by Crippen LogP contribution is -2.57. The highest BCUT2D eigenvalue weighted by Crippen LogP contribution is 2.61. The van der Waals surface area contributed by atoms with E-state index in [9.17, 15) is 19.5 Å². The van der Waals surface area contributed by atoms with Gasteiger partial charge in [0.05, 0.1) is 29.2 Å². The molecule has 4 aliphatic heterocycles. The minimum atomic E-state index is -0.901. The van der Waals surface area contributed by atoms with Gasteiger partial charge in [0.2, 0.25) is 11.8 Å². The van der Waals surface area contributed by atoms with Crippen LogP contribution in [0.2, 0.25) is 5.02 Å². The van der Waals surface area contributed by atoms with Gasteiger partial charge in [-0.1, -0.05) is 56.7 Å². The molecule has 37 heavy (non-hydrogen) atoms. The second-order valence-corrected chi connectivity index (χ2v) is 12.5. The first kappa shape index (κ1) is 26.3. The minimum absolute atomic E-state index is 0.0232. The Morgan fingerprint density at radius 2 is 1.81 bits per heavy atom. The van der Waals surface area contributed by atoms with Crippen molar-refractivity contribution in [2.24, 2.45) is 17.8 Å². The maximum Gasteiger partial charge on any atom is 0.251 e. The van der Waals surface area contributed by atoms with Crippen LogP contribution in [0.25, 0.3) is 0 Å². The highest BCUT2D eigenvalue weighted by atomic mass is 35.5. The van der Waals surface area contributed by atoms with Crippen LogP contribution >= 0.6 is 23.4 Å². The lowest BCUT2D eigenvalue weighted by atomic mass is 9.78. The number of rotatable bonds is 6. The van der Waals surface area contributed by atoms with E-state index in [2.05, 4.69) is 6.08 Å². The summed E-state index contributed by atoms with van der Waals surface area (Å²) in [6, 6.07) is 5.72. The van der Waals surface area contributed by atoms with Crippen molar-refractivity contribution in [1.82, 2.24) is 9.80 Å². The van der Waals surface area contributed by atoms with Crippen molar-refractivity contribution < 1.29 is 19.5 Å². The van der Waals surface area contributed by atoms with Crippen molar-refractivity contribution in [2.45, 2.75) is 49.3 Å². The van der Waals surface area contributed by atoms with Gasteiger partial charge in [-0.05, 0) is 36.6 Å². The summed E-state index contributed by atoms with van der Waals surface area (Å²) < 4.78 is -0.901. The molecule has 1 N–H and O–H groups in total. The Morgan fingerprint density at radius 1 is 1.08 bits per heavy atom. The van der Waals surface area contributed by atoms with E-state index >= 15 is 0 Å². The Bertz CT molecular complexity index is 1140. The molecule has 5 rings (SSSR count). The van der Waals surface area contributed by atoms with E-state index in [-0.39, 0.29) is 35.5 Å². The zero-order valence-corrected chi connectivity index (χ0v) is 23.0. The topological polar surface area (TPSA) is 81.2 Å². The van der Waals surface area contributed by atoms with E-state index in [4.69, 9.17) is 11.6 Å². The summed E-state index contributed by atoms with van der Waals surface area (Å²) in [5.41, 5.74) is 0.694. The molecular weight excluding hydrogens is 510 g/mol. The SMILES string of the molecule is CCCN1CC=C[C@H]2S[C@]34C=CCN(c5ccc(Cl)cc5)C(=O)C3N([C@@H](CO)C(C)C)C(=O)[C@@H]4[C@H]2C1=O. The maximum atomic E-state index is 14.4. The van der Waals surface area contributed by atoms with Crippen molar-refractivity contribution in [1.29, 1.82) is 0 Å². The molecule has 4 aliphatic rings. The maximum absolute atomic E-state index is 14.4. The summed E-state index contributed by atoms with van der Waals surface area (Å²) in [5.74, 6) is -1.75. The lowest BCUT2D eigenvalue weighted by Gasteiger charge is -2.39. The van der Waals surface area contributed by atoms with Gasteiger partial charge in [-0.3, -0.25) is 14.4 Å². The molecular formula is C28H34ClN3O4S. The third-order valence-corrected chi connectivity index (χ3v) is 10.1. The predicted octanol–water partition coefficient (Wildman–Crippen LogP) is 3.37. The van der Waals surface area contributed by atoms with Crippen LogP contribution in [-0.2, 0) is 14.4 Å². The molecule has 1 unspecified atom stereocenters. The van der Waals surface area contributed by atoms with Gasteiger partial charge in [0, 0.05) is 35.6 Å².